The largest absolute Gasteiger partial charge is 0.396 e. The van der Waals surface area contributed by atoms with Gasteiger partial charge in [0.2, 0.25) is 0 Å². The summed E-state index contributed by atoms with van der Waals surface area (Å²) in [5.41, 5.74) is 0.800. The first-order chi connectivity index (χ1) is 7.50. The van der Waals surface area contributed by atoms with E-state index in [1.807, 2.05) is 25.1 Å². The Morgan fingerprint density at radius 3 is 2.69 bits per heavy atom. The maximum Gasteiger partial charge on any atom is 0.0648 e. The third-order valence-corrected chi connectivity index (χ3v) is 3.68. The first-order valence-corrected chi connectivity index (χ1v) is 6.47. The zero-order valence-corrected chi connectivity index (χ0v) is 11.9. The molecule has 1 rings (SSSR count). The van der Waals surface area contributed by atoms with Crippen LogP contribution in [0.4, 0.5) is 5.69 Å². The SMILES string of the molecule is CCC(C)(CO)CNc1ccc(Br)cc1Cl. The molecule has 0 amide bonds. The molecule has 2 nitrogen and oxygen atoms in total. The van der Waals surface area contributed by atoms with Crippen LogP contribution in [0.2, 0.25) is 5.02 Å². The van der Waals surface area contributed by atoms with E-state index in [0.29, 0.717) is 11.6 Å². The molecule has 4 heteroatoms. The second-order valence-electron chi connectivity index (χ2n) is 4.30. The van der Waals surface area contributed by atoms with E-state index in [1.165, 1.54) is 0 Å². The number of aliphatic hydroxyl groups is 1. The summed E-state index contributed by atoms with van der Waals surface area (Å²) in [5, 5.41) is 13.3. The number of nitrogens with one attached hydrogen (secondary N) is 1. The highest BCUT2D eigenvalue weighted by Gasteiger charge is 2.20. The normalized spacial score (nSPS) is 14.6. The van der Waals surface area contributed by atoms with Gasteiger partial charge in [0.05, 0.1) is 17.3 Å². The summed E-state index contributed by atoms with van der Waals surface area (Å²) >= 11 is 9.45. The van der Waals surface area contributed by atoms with Gasteiger partial charge in [-0.1, -0.05) is 41.4 Å². The Morgan fingerprint density at radius 1 is 1.50 bits per heavy atom. The second kappa shape index (κ2) is 5.89. The fraction of sp³-hybridized carbons (Fsp3) is 0.500. The van der Waals surface area contributed by atoms with E-state index in [4.69, 9.17) is 11.6 Å². The molecule has 1 unspecified atom stereocenters. The number of aliphatic hydroxyl groups excluding tert-OH is 1. The molecule has 0 spiro atoms. The van der Waals surface area contributed by atoms with Crippen molar-refractivity contribution < 1.29 is 5.11 Å². The van der Waals surface area contributed by atoms with Gasteiger partial charge in [-0.25, -0.2) is 0 Å². The zero-order valence-electron chi connectivity index (χ0n) is 9.56. The van der Waals surface area contributed by atoms with Gasteiger partial charge in [0, 0.05) is 16.4 Å². The average molecular weight is 307 g/mol. The predicted molar refractivity (Wildman–Crippen MR) is 73.1 cm³/mol. The van der Waals surface area contributed by atoms with Crippen LogP contribution in [-0.4, -0.2) is 18.3 Å². The maximum atomic E-state index is 9.30. The minimum atomic E-state index is -0.101. The molecule has 0 fully saturated rings. The van der Waals surface area contributed by atoms with Crippen LogP contribution in [0, 0.1) is 5.41 Å². The summed E-state index contributed by atoms with van der Waals surface area (Å²) in [6.45, 7) is 5.00. The molecule has 0 aliphatic carbocycles. The van der Waals surface area contributed by atoms with Crippen LogP contribution in [0.5, 0.6) is 0 Å². The standard InChI is InChI=1S/C12H17BrClNO/c1-3-12(2,8-16)7-15-11-5-4-9(13)6-10(11)14/h4-6,15-16H,3,7-8H2,1-2H3. The molecule has 2 N–H and O–H groups in total. The molecular formula is C12H17BrClNO. The number of halogens is 2. The van der Waals surface area contributed by atoms with Gasteiger partial charge < -0.3 is 10.4 Å². The molecule has 1 aromatic carbocycles. The van der Waals surface area contributed by atoms with E-state index in [2.05, 4.69) is 28.2 Å². The quantitative estimate of drug-likeness (QED) is 0.864. The minimum absolute atomic E-state index is 0.101. The molecule has 0 saturated heterocycles. The fourth-order valence-corrected chi connectivity index (χ4v) is 1.97. The summed E-state index contributed by atoms with van der Waals surface area (Å²) in [7, 11) is 0. The van der Waals surface area contributed by atoms with Gasteiger partial charge in [-0.15, -0.1) is 0 Å². The van der Waals surface area contributed by atoms with Crippen molar-refractivity contribution >= 4 is 33.2 Å². The average Bonchev–Trinajstić information content (AvgIpc) is 2.27. The van der Waals surface area contributed by atoms with Crippen molar-refractivity contribution in [2.75, 3.05) is 18.5 Å². The Kier molecular flexibility index (Phi) is 5.09. The van der Waals surface area contributed by atoms with E-state index >= 15 is 0 Å². The van der Waals surface area contributed by atoms with Crippen molar-refractivity contribution in [2.24, 2.45) is 5.41 Å². The lowest BCUT2D eigenvalue weighted by Gasteiger charge is -2.26. The third-order valence-electron chi connectivity index (χ3n) is 2.87. The molecule has 0 heterocycles. The number of hydrogen-bond donors (Lipinski definition) is 2. The third kappa shape index (κ3) is 3.65. The lowest BCUT2D eigenvalue weighted by Crippen LogP contribution is -2.29. The fourth-order valence-electron chi connectivity index (χ4n) is 1.23. The Labute approximate surface area is 110 Å². The molecule has 90 valence electrons. The Balaban J connectivity index is 2.67. The molecule has 16 heavy (non-hydrogen) atoms. The molecule has 1 atom stereocenters. The van der Waals surface area contributed by atoms with Crippen molar-refractivity contribution in [3.05, 3.63) is 27.7 Å². The zero-order chi connectivity index (χ0) is 12.2. The van der Waals surface area contributed by atoms with Crippen LogP contribution in [0.3, 0.4) is 0 Å². The van der Waals surface area contributed by atoms with Gasteiger partial charge in [-0.05, 0) is 24.6 Å². The van der Waals surface area contributed by atoms with E-state index in [0.717, 1.165) is 16.6 Å². The summed E-state index contributed by atoms with van der Waals surface area (Å²) in [6.07, 6.45) is 0.921. The van der Waals surface area contributed by atoms with Gasteiger partial charge in [0.15, 0.2) is 0 Å². The van der Waals surface area contributed by atoms with Crippen molar-refractivity contribution in [3.63, 3.8) is 0 Å². The molecule has 1 aromatic rings. The topological polar surface area (TPSA) is 32.3 Å². The Morgan fingerprint density at radius 2 is 2.19 bits per heavy atom. The number of hydrogen-bond acceptors (Lipinski definition) is 2. The lowest BCUT2D eigenvalue weighted by atomic mass is 9.88. The highest BCUT2D eigenvalue weighted by atomic mass is 79.9. The first-order valence-electron chi connectivity index (χ1n) is 5.30. The van der Waals surface area contributed by atoms with Crippen LogP contribution >= 0.6 is 27.5 Å². The second-order valence-corrected chi connectivity index (χ2v) is 5.62. The number of benzene rings is 1. The number of rotatable bonds is 5. The minimum Gasteiger partial charge on any atom is -0.396 e. The number of anilines is 1. The van der Waals surface area contributed by atoms with Gasteiger partial charge in [0.25, 0.3) is 0 Å². The van der Waals surface area contributed by atoms with Gasteiger partial charge in [-0.3, -0.25) is 0 Å². The molecule has 0 aliphatic rings. The summed E-state index contributed by atoms with van der Waals surface area (Å²) in [4.78, 5) is 0. The molecule has 0 radical (unpaired) electrons. The monoisotopic (exact) mass is 305 g/mol. The summed E-state index contributed by atoms with van der Waals surface area (Å²) in [5.74, 6) is 0. The predicted octanol–water partition coefficient (Wildman–Crippen LogP) is 3.92. The van der Waals surface area contributed by atoms with Crippen molar-refractivity contribution in [1.29, 1.82) is 0 Å². The van der Waals surface area contributed by atoms with Crippen molar-refractivity contribution in [2.45, 2.75) is 20.3 Å². The molecule has 0 saturated carbocycles. The highest BCUT2D eigenvalue weighted by molar-refractivity contribution is 9.10. The maximum absolute atomic E-state index is 9.30. The Bertz CT molecular complexity index is 353. The van der Waals surface area contributed by atoms with E-state index in [1.54, 1.807) is 0 Å². The summed E-state index contributed by atoms with van der Waals surface area (Å²) in [6, 6.07) is 5.72. The van der Waals surface area contributed by atoms with Crippen LogP contribution in [-0.2, 0) is 0 Å². The van der Waals surface area contributed by atoms with E-state index in [9.17, 15) is 5.11 Å². The molecule has 0 aromatic heterocycles. The lowest BCUT2D eigenvalue weighted by molar-refractivity contribution is 0.149. The van der Waals surface area contributed by atoms with Gasteiger partial charge >= 0.3 is 0 Å². The van der Waals surface area contributed by atoms with E-state index in [-0.39, 0.29) is 12.0 Å². The molecule has 0 bridgehead atoms. The highest BCUT2D eigenvalue weighted by Crippen LogP contribution is 2.27. The van der Waals surface area contributed by atoms with Gasteiger partial charge in [-0.2, -0.15) is 0 Å². The summed E-state index contributed by atoms with van der Waals surface area (Å²) < 4.78 is 0.962. The molecule has 0 aliphatic heterocycles. The van der Waals surface area contributed by atoms with Gasteiger partial charge in [0.1, 0.15) is 0 Å². The Hall–Kier alpha value is -0.250. The smallest absolute Gasteiger partial charge is 0.0648 e. The van der Waals surface area contributed by atoms with E-state index < -0.39 is 0 Å². The van der Waals surface area contributed by atoms with Crippen LogP contribution in [0.1, 0.15) is 20.3 Å². The van der Waals surface area contributed by atoms with Crippen LogP contribution in [0.15, 0.2) is 22.7 Å². The molecular weight excluding hydrogens is 289 g/mol. The van der Waals surface area contributed by atoms with Crippen LogP contribution < -0.4 is 5.32 Å². The first kappa shape index (κ1) is 13.8. The van der Waals surface area contributed by atoms with Crippen LogP contribution in [0.25, 0.3) is 0 Å². The van der Waals surface area contributed by atoms with Crippen molar-refractivity contribution in [3.8, 4) is 0 Å². The van der Waals surface area contributed by atoms with Crippen molar-refractivity contribution in [1.82, 2.24) is 0 Å².